The second kappa shape index (κ2) is 6.53. The van der Waals surface area contributed by atoms with Crippen molar-refractivity contribution in [3.05, 3.63) is 47.0 Å². The SMILES string of the molecule is Cc1ccc(C(C)C)cc1C(/C=C/C(=O)O)N(C)C. The van der Waals surface area contributed by atoms with E-state index >= 15 is 0 Å². The number of aliphatic carboxylic acids is 1. The largest absolute Gasteiger partial charge is 0.478 e. The van der Waals surface area contributed by atoms with Gasteiger partial charge in [-0.3, -0.25) is 4.90 Å². The zero-order valence-electron chi connectivity index (χ0n) is 12.3. The van der Waals surface area contributed by atoms with E-state index in [1.54, 1.807) is 6.08 Å². The molecule has 1 rings (SSSR count). The van der Waals surface area contributed by atoms with Crippen molar-refractivity contribution < 1.29 is 9.90 Å². The van der Waals surface area contributed by atoms with Crippen molar-refractivity contribution in [2.45, 2.75) is 32.7 Å². The Hall–Kier alpha value is -1.61. The Kier molecular flexibility index (Phi) is 5.31. The maximum Gasteiger partial charge on any atom is 0.328 e. The molecule has 1 aromatic rings. The second-order valence-corrected chi connectivity index (χ2v) is 5.38. The van der Waals surface area contributed by atoms with Crippen LogP contribution in [0.5, 0.6) is 0 Å². The third-order valence-electron chi connectivity index (χ3n) is 3.27. The lowest BCUT2D eigenvalue weighted by molar-refractivity contribution is -0.131. The molecule has 104 valence electrons. The number of rotatable bonds is 5. The van der Waals surface area contributed by atoms with Gasteiger partial charge >= 0.3 is 5.97 Å². The highest BCUT2D eigenvalue weighted by Crippen LogP contribution is 2.27. The summed E-state index contributed by atoms with van der Waals surface area (Å²) in [6.45, 7) is 6.38. The van der Waals surface area contributed by atoms with Crippen LogP contribution in [-0.4, -0.2) is 30.1 Å². The molecule has 1 atom stereocenters. The van der Waals surface area contributed by atoms with Crippen LogP contribution in [0.25, 0.3) is 0 Å². The number of benzene rings is 1. The molecule has 3 heteroatoms. The molecule has 0 amide bonds. The highest BCUT2D eigenvalue weighted by molar-refractivity contribution is 5.79. The molecular formula is C16H23NO2. The number of aryl methyl sites for hydroxylation is 1. The second-order valence-electron chi connectivity index (χ2n) is 5.38. The zero-order valence-corrected chi connectivity index (χ0v) is 12.3. The molecule has 0 aliphatic carbocycles. The van der Waals surface area contributed by atoms with Gasteiger partial charge in [-0.05, 0) is 43.6 Å². The van der Waals surface area contributed by atoms with Crippen LogP contribution in [0, 0.1) is 6.92 Å². The molecule has 1 N–H and O–H groups in total. The summed E-state index contributed by atoms with van der Waals surface area (Å²) in [4.78, 5) is 12.7. The molecule has 0 radical (unpaired) electrons. The van der Waals surface area contributed by atoms with Gasteiger partial charge in [0.05, 0.1) is 6.04 Å². The number of carbonyl (C=O) groups is 1. The molecule has 0 saturated heterocycles. The summed E-state index contributed by atoms with van der Waals surface area (Å²) >= 11 is 0. The molecular weight excluding hydrogens is 238 g/mol. The van der Waals surface area contributed by atoms with Gasteiger partial charge in [-0.1, -0.05) is 38.1 Å². The maximum atomic E-state index is 10.7. The number of carboxylic acids is 1. The van der Waals surface area contributed by atoms with Gasteiger partial charge in [-0.15, -0.1) is 0 Å². The fraction of sp³-hybridized carbons (Fsp3) is 0.438. The number of hydrogen-bond donors (Lipinski definition) is 1. The van der Waals surface area contributed by atoms with Gasteiger partial charge in [0.25, 0.3) is 0 Å². The highest BCUT2D eigenvalue weighted by atomic mass is 16.4. The average Bonchev–Trinajstić information content (AvgIpc) is 2.30. The molecule has 0 aliphatic rings. The smallest absolute Gasteiger partial charge is 0.328 e. The molecule has 0 saturated carbocycles. The summed E-state index contributed by atoms with van der Waals surface area (Å²) in [5.41, 5.74) is 3.61. The number of nitrogens with zero attached hydrogens (tertiary/aromatic N) is 1. The summed E-state index contributed by atoms with van der Waals surface area (Å²) in [6.07, 6.45) is 2.95. The molecule has 0 aromatic heterocycles. The Morgan fingerprint density at radius 1 is 1.32 bits per heavy atom. The summed E-state index contributed by atoms with van der Waals surface area (Å²) in [5, 5.41) is 8.80. The lowest BCUT2D eigenvalue weighted by Crippen LogP contribution is -2.19. The molecule has 0 bridgehead atoms. The summed E-state index contributed by atoms with van der Waals surface area (Å²) in [5.74, 6) is -0.449. The molecule has 3 nitrogen and oxygen atoms in total. The Bertz CT molecular complexity index is 476. The normalized spacial score (nSPS) is 13.4. The quantitative estimate of drug-likeness (QED) is 0.826. The van der Waals surface area contributed by atoms with E-state index in [0.717, 1.165) is 5.56 Å². The molecule has 0 aliphatic heterocycles. The fourth-order valence-corrected chi connectivity index (χ4v) is 2.06. The minimum absolute atomic E-state index is 0.0187. The van der Waals surface area contributed by atoms with Gasteiger partial charge < -0.3 is 5.11 Å². The first-order valence-corrected chi connectivity index (χ1v) is 6.51. The molecule has 0 heterocycles. The average molecular weight is 261 g/mol. The first kappa shape index (κ1) is 15.4. The van der Waals surface area contributed by atoms with Gasteiger partial charge in [0.2, 0.25) is 0 Å². The monoisotopic (exact) mass is 261 g/mol. The van der Waals surface area contributed by atoms with Crippen molar-refractivity contribution in [2.24, 2.45) is 0 Å². The van der Waals surface area contributed by atoms with Crippen molar-refractivity contribution in [2.75, 3.05) is 14.1 Å². The van der Waals surface area contributed by atoms with Crippen molar-refractivity contribution >= 4 is 5.97 Å². The van der Waals surface area contributed by atoms with Crippen molar-refractivity contribution in [3.8, 4) is 0 Å². The van der Waals surface area contributed by atoms with E-state index in [0.29, 0.717) is 5.92 Å². The van der Waals surface area contributed by atoms with E-state index in [-0.39, 0.29) is 6.04 Å². The fourth-order valence-electron chi connectivity index (χ4n) is 2.06. The number of carboxylic acid groups (broad SMARTS) is 1. The lowest BCUT2D eigenvalue weighted by atomic mass is 9.93. The Balaban J connectivity index is 3.21. The molecule has 19 heavy (non-hydrogen) atoms. The van der Waals surface area contributed by atoms with Crippen LogP contribution >= 0.6 is 0 Å². The van der Waals surface area contributed by atoms with E-state index in [4.69, 9.17) is 5.11 Å². The molecule has 0 spiro atoms. The molecule has 1 unspecified atom stereocenters. The van der Waals surface area contributed by atoms with Crippen LogP contribution in [-0.2, 0) is 4.79 Å². The summed E-state index contributed by atoms with van der Waals surface area (Å²) in [6, 6.07) is 6.40. The van der Waals surface area contributed by atoms with Crippen molar-refractivity contribution in [1.82, 2.24) is 4.90 Å². The summed E-state index contributed by atoms with van der Waals surface area (Å²) in [7, 11) is 3.91. The van der Waals surface area contributed by atoms with Gasteiger partial charge in [0, 0.05) is 6.08 Å². The minimum Gasteiger partial charge on any atom is -0.478 e. The number of hydrogen-bond acceptors (Lipinski definition) is 2. The zero-order chi connectivity index (χ0) is 14.6. The minimum atomic E-state index is -0.912. The third kappa shape index (κ3) is 4.21. The molecule has 1 aromatic carbocycles. The van der Waals surface area contributed by atoms with E-state index in [9.17, 15) is 4.79 Å². The Labute approximate surface area is 115 Å². The first-order chi connectivity index (χ1) is 8.82. The van der Waals surface area contributed by atoms with Crippen LogP contribution in [0.2, 0.25) is 0 Å². The van der Waals surface area contributed by atoms with E-state index in [1.165, 1.54) is 17.2 Å². The van der Waals surface area contributed by atoms with E-state index in [2.05, 4.69) is 39.0 Å². The van der Waals surface area contributed by atoms with Gasteiger partial charge in [0.15, 0.2) is 0 Å². The molecule has 0 fully saturated rings. The van der Waals surface area contributed by atoms with E-state index < -0.39 is 5.97 Å². The van der Waals surface area contributed by atoms with E-state index in [1.807, 2.05) is 19.0 Å². The topological polar surface area (TPSA) is 40.5 Å². The van der Waals surface area contributed by atoms with Crippen molar-refractivity contribution in [1.29, 1.82) is 0 Å². The highest BCUT2D eigenvalue weighted by Gasteiger charge is 2.15. The first-order valence-electron chi connectivity index (χ1n) is 6.51. The Morgan fingerprint density at radius 2 is 1.95 bits per heavy atom. The summed E-state index contributed by atoms with van der Waals surface area (Å²) < 4.78 is 0. The van der Waals surface area contributed by atoms with Crippen LogP contribution < -0.4 is 0 Å². The maximum absolute atomic E-state index is 10.7. The van der Waals surface area contributed by atoms with Crippen LogP contribution in [0.1, 0.15) is 42.5 Å². The van der Waals surface area contributed by atoms with Crippen LogP contribution in [0.4, 0.5) is 0 Å². The van der Waals surface area contributed by atoms with Gasteiger partial charge in [-0.25, -0.2) is 4.79 Å². The predicted octanol–water partition coefficient (Wildman–Crippen LogP) is 3.36. The van der Waals surface area contributed by atoms with Crippen LogP contribution in [0.15, 0.2) is 30.4 Å². The Morgan fingerprint density at radius 3 is 2.42 bits per heavy atom. The van der Waals surface area contributed by atoms with Gasteiger partial charge in [-0.2, -0.15) is 0 Å². The third-order valence-corrected chi connectivity index (χ3v) is 3.27. The standard InChI is InChI=1S/C16H23NO2/c1-11(2)13-7-6-12(3)14(10-13)15(17(4)5)8-9-16(18)19/h6-11,15H,1-5H3,(H,18,19)/b9-8+. The van der Waals surface area contributed by atoms with Crippen molar-refractivity contribution in [3.63, 3.8) is 0 Å². The number of likely N-dealkylation sites (N-methyl/N-ethyl adjacent to an activating group) is 1. The lowest BCUT2D eigenvalue weighted by Gasteiger charge is -2.24. The van der Waals surface area contributed by atoms with Crippen LogP contribution in [0.3, 0.4) is 0 Å². The predicted molar refractivity (Wildman–Crippen MR) is 78.5 cm³/mol. The van der Waals surface area contributed by atoms with Gasteiger partial charge in [0.1, 0.15) is 0 Å².